The van der Waals surface area contributed by atoms with E-state index >= 15 is 0 Å². The minimum atomic E-state index is -0.607. The Hall–Kier alpha value is -1.16. The summed E-state index contributed by atoms with van der Waals surface area (Å²) >= 11 is 1.63. The maximum atomic E-state index is 11.8. The van der Waals surface area contributed by atoms with Crippen LogP contribution in [-0.2, 0) is 16.1 Å². The van der Waals surface area contributed by atoms with Gasteiger partial charge in [-0.05, 0) is 49.0 Å². The predicted molar refractivity (Wildman–Crippen MR) is 82.7 cm³/mol. The molecule has 1 rings (SSSR count). The van der Waals surface area contributed by atoms with Crippen LogP contribution >= 0.6 is 11.8 Å². The Balaban J connectivity index is 2.36. The first-order valence-electron chi connectivity index (χ1n) is 6.89. The van der Waals surface area contributed by atoms with Crippen LogP contribution in [0.4, 0.5) is 0 Å². The number of rotatable bonds is 10. The monoisotopic (exact) mass is 330 g/mol. The third kappa shape index (κ3) is 7.74. The third-order valence-corrected chi connectivity index (χ3v) is 3.54. The molecule has 0 heterocycles. The molecule has 0 aliphatic heterocycles. The van der Waals surface area contributed by atoms with E-state index in [9.17, 15) is 4.79 Å². The fraction of sp³-hybridized carbons (Fsp3) is 0.500. The van der Waals surface area contributed by atoms with Crippen molar-refractivity contribution in [2.75, 3.05) is 18.6 Å². The molecule has 1 atom stereocenters. The lowest BCUT2D eigenvalue weighted by Gasteiger charge is -2.11. The first-order chi connectivity index (χ1) is 10.5. The van der Waals surface area contributed by atoms with Gasteiger partial charge in [0.05, 0.1) is 12.0 Å². The van der Waals surface area contributed by atoms with Crippen molar-refractivity contribution < 1.29 is 24.8 Å². The maximum absolute atomic E-state index is 11.8. The first kappa shape index (κ1) is 18.9. The fourth-order valence-electron chi connectivity index (χ4n) is 1.70. The summed E-state index contributed by atoms with van der Waals surface area (Å²) in [5, 5.41) is 16.4. The largest absolute Gasteiger partial charge is 0.425 e. The van der Waals surface area contributed by atoms with Crippen molar-refractivity contribution in [1.29, 1.82) is 0 Å². The number of carbonyl (C=O) groups excluding carboxylic acids is 1. The lowest BCUT2D eigenvalue weighted by molar-refractivity contribution is -0.492. The molecule has 1 unspecified atom stereocenters. The van der Waals surface area contributed by atoms with Gasteiger partial charge in [0.15, 0.2) is 0 Å². The zero-order valence-electron chi connectivity index (χ0n) is 12.5. The van der Waals surface area contributed by atoms with Gasteiger partial charge in [0.25, 0.3) is 0 Å². The van der Waals surface area contributed by atoms with Crippen molar-refractivity contribution in [2.24, 2.45) is 5.73 Å². The summed E-state index contributed by atoms with van der Waals surface area (Å²) in [4.78, 5) is 16.2. The summed E-state index contributed by atoms with van der Waals surface area (Å²) in [6.45, 7) is 0.189. The Morgan fingerprint density at radius 2 is 2.05 bits per heavy atom. The Kier molecular flexibility index (Phi) is 9.05. The number of nitrogens with zero attached hydrogens (tertiary/aromatic N) is 1. The van der Waals surface area contributed by atoms with E-state index in [0.717, 1.165) is 11.3 Å². The molecule has 1 aromatic carbocycles. The summed E-state index contributed by atoms with van der Waals surface area (Å²) in [7, 11) is 0. The van der Waals surface area contributed by atoms with Gasteiger partial charge in [0.1, 0.15) is 11.8 Å². The number of thioether (sulfide) groups is 1. The minimum Gasteiger partial charge on any atom is -0.425 e. The highest BCUT2D eigenvalue weighted by molar-refractivity contribution is 7.98. The highest BCUT2D eigenvalue weighted by Crippen LogP contribution is 2.14. The van der Waals surface area contributed by atoms with Gasteiger partial charge >= 0.3 is 5.97 Å². The van der Waals surface area contributed by atoms with Gasteiger partial charge in [0, 0.05) is 0 Å². The van der Waals surface area contributed by atoms with Gasteiger partial charge < -0.3 is 10.5 Å². The zero-order chi connectivity index (χ0) is 16.4. The van der Waals surface area contributed by atoms with Crippen LogP contribution in [0.1, 0.15) is 18.4 Å². The van der Waals surface area contributed by atoms with Crippen LogP contribution in [0.25, 0.3) is 0 Å². The number of hydrogen-bond acceptors (Lipinski definition) is 8. The van der Waals surface area contributed by atoms with E-state index in [1.54, 1.807) is 23.9 Å². The molecule has 1 aromatic rings. The van der Waals surface area contributed by atoms with Gasteiger partial charge in [-0.15, -0.1) is 0 Å². The smallest absolute Gasteiger partial charge is 0.328 e. The molecule has 0 bridgehead atoms. The van der Waals surface area contributed by atoms with Crippen molar-refractivity contribution in [3.63, 3.8) is 0 Å². The average Bonchev–Trinajstić information content (AvgIpc) is 2.50. The number of benzene rings is 1. The van der Waals surface area contributed by atoms with Crippen molar-refractivity contribution in [1.82, 2.24) is 5.39 Å². The molecule has 0 aromatic heterocycles. The molecule has 8 heteroatoms. The van der Waals surface area contributed by atoms with Crippen molar-refractivity contribution in [3.8, 4) is 5.75 Å². The first-order valence-corrected chi connectivity index (χ1v) is 8.28. The molecular weight excluding hydrogens is 308 g/mol. The Bertz CT molecular complexity index is 441. The van der Waals surface area contributed by atoms with Crippen LogP contribution < -0.4 is 10.5 Å². The molecular formula is C14H22N2O5S. The number of esters is 1. The van der Waals surface area contributed by atoms with Gasteiger partial charge in [-0.1, -0.05) is 12.1 Å². The highest BCUT2D eigenvalue weighted by atomic mass is 32.2. The second kappa shape index (κ2) is 10.5. The summed E-state index contributed by atoms with van der Waals surface area (Å²) in [6.07, 6.45) is 3.87. The lowest BCUT2D eigenvalue weighted by Crippen LogP contribution is -2.34. The molecule has 0 spiro atoms. The Labute approximate surface area is 133 Å². The second-order valence-electron chi connectivity index (χ2n) is 4.64. The van der Waals surface area contributed by atoms with E-state index in [1.807, 2.05) is 18.4 Å². The molecule has 0 saturated carbocycles. The Morgan fingerprint density at radius 1 is 1.36 bits per heavy atom. The quantitative estimate of drug-likeness (QED) is 0.257. The van der Waals surface area contributed by atoms with Gasteiger partial charge in [-0.2, -0.15) is 11.8 Å². The van der Waals surface area contributed by atoms with Crippen LogP contribution in [0.3, 0.4) is 0 Å². The normalized spacial score (nSPS) is 12.4. The van der Waals surface area contributed by atoms with Crippen molar-refractivity contribution in [3.05, 3.63) is 29.8 Å². The van der Waals surface area contributed by atoms with Crippen LogP contribution in [0.5, 0.6) is 5.75 Å². The molecule has 124 valence electrons. The summed E-state index contributed by atoms with van der Waals surface area (Å²) < 4.78 is 5.21. The molecule has 0 aliphatic rings. The SMILES string of the molecule is CSCCC(N)C(=O)Oc1ccc(CCCON(O)O)cc1. The summed E-state index contributed by atoms with van der Waals surface area (Å²) in [5.74, 6) is 0.846. The van der Waals surface area contributed by atoms with E-state index < -0.39 is 12.0 Å². The highest BCUT2D eigenvalue weighted by Gasteiger charge is 2.15. The summed E-state index contributed by atoms with van der Waals surface area (Å²) in [6, 6.07) is 6.49. The van der Waals surface area contributed by atoms with Crippen LogP contribution in [-0.4, -0.2) is 46.4 Å². The number of hydrogen-bond donors (Lipinski definition) is 3. The predicted octanol–water partition coefficient (Wildman–Crippen LogP) is 1.62. The summed E-state index contributed by atoms with van der Waals surface area (Å²) in [5.41, 5.74) is 6.77. The second-order valence-corrected chi connectivity index (χ2v) is 5.63. The van der Waals surface area contributed by atoms with Crippen LogP contribution in [0.2, 0.25) is 0 Å². The van der Waals surface area contributed by atoms with E-state index in [-0.39, 0.29) is 12.0 Å². The molecule has 0 amide bonds. The van der Waals surface area contributed by atoms with E-state index in [4.69, 9.17) is 20.9 Å². The van der Waals surface area contributed by atoms with E-state index in [0.29, 0.717) is 25.0 Å². The third-order valence-electron chi connectivity index (χ3n) is 2.89. The van der Waals surface area contributed by atoms with Crippen molar-refractivity contribution >= 4 is 17.7 Å². The van der Waals surface area contributed by atoms with Crippen molar-refractivity contribution in [2.45, 2.75) is 25.3 Å². The standard InChI is InChI=1S/C14H22N2O5S/c1-22-10-8-13(15)14(17)21-12-6-4-11(5-7-12)3-2-9-20-16(18)19/h4-7,13,18-19H,2-3,8-10,15H2,1H3. The average molecular weight is 330 g/mol. The maximum Gasteiger partial charge on any atom is 0.328 e. The molecule has 0 radical (unpaired) electrons. The molecule has 0 saturated heterocycles. The molecule has 4 N–H and O–H groups in total. The number of nitrogens with two attached hydrogens (primary N) is 1. The molecule has 0 fully saturated rings. The fourth-order valence-corrected chi connectivity index (χ4v) is 2.19. The number of ether oxygens (including phenoxy) is 1. The number of aryl methyl sites for hydroxylation is 1. The van der Waals surface area contributed by atoms with E-state index in [2.05, 4.69) is 4.84 Å². The molecule has 7 nitrogen and oxygen atoms in total. The van der Waals surface area contributed by atoms with Gasteiger partial charge in [0.2, 0.25) is 0 Å². The zero-order valence-corrected chi connectivity index (χ0v) is 13.3. The van der Waals surface area contributed by atoms with Gasteiger partial charge in [-0.25, -0.2) is 4.79 Å². The number of carbonyl (C=O) groups is 1. The Morgan fingerprint density at radius 3 is 2.64 bits per heavy atom. The molecule has 0 aliphatic carbocycles. The van der Waals surface area contributed by atoms with Gasteiger partial charge in [-0.3, -0.25) is 15.3 Å². The lowest BCUT2D eigenvalue weighted by atomic mass is 10.1. The van der Waals surface area contributed by atoms with Crippen LogP contribution in [0, 0.1) is 0 Å². The molecule has 22 heavy (non-hydrogen) atoms. The topological polar surface area (TPSA) is 105 Å². The van der Waals surface area contributed by atoms with Crippen LogP contribution in [0.15, 0.2) is 24.3 Å². The van der Waals surface area contributed by atoms with E-state index in [1.165, 1.54) is 0 Å². The minimum absolute atomic E-state index is 0.189.